The van der Waals surface area contributed by atoms with Crippen LogP contribution in [0.15, 0.2) is 29.6 Å². The van der Waals surface area contributed by atoms with E-state index in [1.165, 1.54) is 36.2 Å². The first-order chi connectivity index (χ1) is 12.9. The normalized spacial score (nSPS) is 15.5. The molecule has 1 aromatic carbocycles. The van der Waals surface area contributed by atoms with Gasteiger partial charge in [-0.25, -0.2) is 4.98 Å². The Kier molecular flexibility index (Phi) is 6.50. The van der Waals surface area contributed by atoms with Crippen molar-refractivity contribution >= 4 is 22.4 Å². The number of carbonyl (C=O) groups excluding carboxylic acids is 1. The first-order valence-electron chi connectivity index (χ1n) is 9.60. The number of anilines is 1. The molecular weight excluding hydrogens is 358 g/mol. The Labute approximate surface area is 165 Å². The molecule has 0 bridgehead atoms. The van der Waals surface area contributed by atoms with Gasteiger partial charge in [0.1, 0.15) is 5.75 Å². The van der Waals surface area contributed by atoms with E-state index < -0.39 is 0 Å². The number of nitrogens with zero attached hydrogens (tertiary/aromatic N) is 2. The highest BCUT2D eigenvalue weighted by Crippen LogP contribution is 2.24. The molecule has 1 N–H and O–H groups in total. The highest BCUT2D eigenvalue weighted by atomic mass is 32.1. The van der Waals surface area contributed by atoms with Crippen molar-refractivity contribution in [3.63, 3.8) is 0 Å². The second-order valence-electron chi connectivity index (χ2n) is 8.09. The smallest absolute Gasteiger partial charge is 0.264 e. The molecule has 1 amide bonds. The van der Waals surface area contributed by atoms with Gasteiger partial charge in [0.2, 0.25) is 0 Å². The SMILES string of the molecule is CC(C)(C)c1ccc(OCC(=O)Nc2nc(CN3CCCCC3)cs2)cc1. The predicted molar refractivity (Wildman–Crippen MR) is 111 cm³/mol. The fraction of sp³-hybridized carbons (Fsp3) is 0.524. The van der Waals surface area contributed by atoms with E-state index in [9.17, 15) is 4.79 Å². The third-order valence-electron chi connectivity index (χ3n) is 4.72. The zero-order valence-corrected chi connectivity index (χ0v) is 17.3. The van der Waals surface area contributed by atoms with E-state index in [1.807, 2.05) is 29.6 Å². The fourth-order valence-corrected chi connectivity index (χ4v) is 3.86. The Hall–Kier alpha value is -1.92. The van der Waals surface area contributed by atoms with Crippen LogP contribution in [0.1, 0.15) is 51.3 Å². The maximum atomic E-state index is 12.1. The van der Waals surface area contributed by atoms with Gasteiger partial charge in [-0.15, -0.1) is 11.3 Å². The molecule has 5 nitrogen and oxygen atoms in total. The molecule has 1 saturated heterocycles. The van der Waals surface area contributed by atoms with Crippen LogP contribution in [0, 0.1) is 0 Å². The summed E-state index contributed by atoms with van der Waals surface area (Å²) in [7, 11) is 0. The average Bonchev–Trinajstić information content (AvgIpc) is 3.07. The number of amides is 1. The second-order valence-corrected chi connectivity index (χ2v) is 8.95. The van der Waals surface area contributed by atoms with E-state index in [0.717, 1.165) is 25.3 Å². The highest BCUT2D eigenvalue weighted by molar-refractivity contribution is 7.13. The Bertz CT molecular complexity index is 744. The molecule has 27 heavy (non-hydrogen) atoms. The van der Waals surface area contributed by atoms with E-state index in [4.69, 9.17) is 4.74 Å². The van der Waals surface area contributed by atoms with Crippen molar-refractivity contribution in [2.75, 3.05) is 25.0 Å². The molecule has 6 heteroatoms. The average molecular weight is 388 g/mol. The third-order valence-corrected chi connectivity index (χ3v) is 5.53. The molecular formula is C21H29N3O2S. The van der Waals surface area contributed by atoms with E-state index >= 15 is 0 Å². The Balaban J connectivity index is 1.45. The van der Waals surface area contributed by atoms with Crippen LogP contribution in [0.4, 0.5) is 5.13 Å². The van der Waals surface area contributed by atoms with Gasteiger partial charge in [-0.2, -0.15) is 0 Å². The van der Waals surface area contributed by atoms with Crippen molar-refractivity contribution in [2.24, 2.45) is 0 Å². The number of hydrogen-bond acceptors (Lipinski definition) is 5. The summed E-state index contributed by atoms with van der Waals surface area (Å²) in [4.78, 5) is 19.1. The monoisotopic (exact) mass is 387 g/mol. The van der Waals surface area contributed by atoms with Gasteiger partial charge in [0, 0.05) is 11.9 Å². The number of aromatic nitrogens is 1. The van der Waals surface area contributed by atoms with Gasteiger partial charge in [-0.1, -0.05) is 39.3 Å². The lowest BCUT2D eigenvalue weighted by atomic mass is 9.87. The molecule has 2 aromatic rings. The van der Waals surface area contributed by atoms with Crippen LogP contribution in [-0.2, 0) is 16.8 Å². The zero-order valence-electron chi connectivity index (χ0n) is 16.5. The van der Waals surface area contributed by atoms with Crippen molar-refractivity contribution < 1.29 is 9.53 Å². The number of likely N-dealkylation sites (tertiary alicyclic amines) is 1. The summed E-state index contributed by atoms with van der Waals surface area (Å²) in [6, 6.07) is 7.91. The predicted octanol–water partition coefficient (Wildman–Crippen LogP) is 4.44. The first kappa shape index (κ1) is 19.8. The summed E-state index contributed by atoms with van der Waals surface area (Å²) in [5.41, 5.74) is 2.37. The largest absolute Gasteiger partial charge is 0.484 e. The van der Waals surface area contributed by atoms with Crippen LogP contribution in [-0.4, -0.2) is 35.5 Å². The standard InChI is InChI=1S/C21H29N3O2S/c1-21(2,3)16-7-9-18(10-8-16)26-14-19(25)23-20-22-17(15-27-20)13-24-11-5-4-6-12-24/h7-10,15H,4-6,11-14H2,1-3H3,(H,22,23,25). The summed E-state index contributed by atoms with van der Waals surface area (Å²) in [6.07, 6.45) is 3.86. The number of hydrogen-bond donors (Lipinski definition) is 1. The Morgan fingerprint density at radius 2 is 1.89 bits per heavy atom. The lowest BCUT2D eigenvalue weighted by molar-refractivity contribution is -0.118. The van der Waals surface area contributed by atoms with Crippen LogP contribution in [0.5, 0.6) is 5.75 Å². The summed E-state index contributed by atoms with van der Waals surface area (Å²) < 4.78 is 5.59. The number of carbonyl (C=O) groups is 1. The Morgan fingerprint density at radius 3 is 2.56 bits per heavy atom. The molecule has 0 atom stereocenters. The van der Waals surface area contributed by atoms with E-state index in [-0.39, 0.29) is 17.9 Å². The fourth-order valence-electron chi connectivity index (χ4n) is 3.14. The number of rotatable bonds is 6. The summed E-state index contributed by atoms with van der Waals surface area (Å²) >= 11 is 1.47. The van der Waals surface area contributed by atoms with Crippen molar-refractivity contribution in [3.8, 4) is 5.75 Å². The van der Waals surface area contributed by atoms with Gasteiger partial charge >= 0.3 is 0 Å². The van der Waals surface area contributed by atoms with Gasteiger partial charge in [-0.3, -0.25) is 15.0 Å². The van der Waals surface area contributed by atoms with Crippen LogP contribution >= 0.6 is 11.3 Å². The van der Waals surface area contributed by atoms with E-state index in [1.54, 1.807) is 0 Å². The molecule has 0 spiro atoms. The number of benzene rings is 1. The molecule has 0 unspecified atom stereocenters. The van der Waals surface area contributed by atoms with Gasteiger partial charge < -0.3 is 4.74 Å². The van der Waals surface area contributed by atoms with Gasteiger partial charge in [-0.05, 0) is 49.0 Å². The minimum Gasteiger partial charge on any atom is -0.484 e. The van der Waals surface area contributed by atoms with Gasteiger partial charge in [0.25, 0.3) is 5.91 Å². The molecule has 146 valence electrons. The maximum Gasteiger partial charge on any atom is 0.264 e. The lowest BCUT2D eigenvalue weighted by Crippen LogP contribution is -2.29. The zero-order chi connectivity index (χ0) is 19.3. The van der Waals surface area contributed by atoms with Crippen molar-refractivity contribution in [1.82, 2.24) is 9.88 Å². The molecule has 2 heterocycles. The Morgan fingerprint density at radius 1 is 1.19 bits per heavy atom. The number of nitrogens with one attached hydrogen (secondary N) is 1. The summed E-state index contributed by atoms with van der Waals surface area (Å²) in [5.74, 6) is 0.511. The van der Waals surface area contributed by atoms with Crippen LogP contribution in [0.2, 0.25) is 0 Å². The molecule has 0 aliphatic carbocycles. The molecule has 0 saturated carbocycles. The summed E-state index contributed by atoms with van der Waals surface area (Å²) in [5, 5.41) is 5.49. The van der Waals surface area contributed by atoms with Crippen LogP contribution in [0.25, 0.3) is 0 Å². The highest BCUT2D eigenvalue weighted by Gasteiger charge is 2.15. The third kappa shape index (κ3) is 6.04. The molecule has 1 aromatic heterocycles. The minimum atomic E-state index is -0.186. The van der Waals surface area contributed by atoms with E-state index in [2.05, 4.69) is 36.0 Å². The lowest BCUT2D eigenvalue weighted by Gasteiger charge is -2.25. The molecule has 0 radical (unpaired) electrons. The van der Waals surface area contributed by atoms with Crippen molar-refractivity contribution in [1.29, 1.82) is 0 Å². The van der Waals surface area contributed by atoms with Crippen LogP contribution < -0.4 is 10.1 Å². The second kappa shape index (κ2) is 8.85. The molecule has 3 rings (SSSR count). The number of thiazole rings is 1. The van der Waals surface area contributed by atoms with Crippen molar-refractivity contribution in [2.45, 2.75) is 52.0 Å². The number of ether oxygens (including phenoxy) is 1. The minimum absolute atomic E-state index is 0.0180. The molecule has 1 aliphatic heterocycles. The molecule has 1 fully saturated rings. The first-order valence-corrected chi connectivity index (χ1v) is 10.5. The van der Waals surface area contributed by atoms with E-state index in [0.29, 0.717) is 10.9 Å². The van der Waals surface area contributed by atoms with Gasteiger partial charge in [0.05, 0.1) is 5.69 Å². The number of piperidine rings is 1. The summed E-state index contributed by atoms with van der Waals surface area (Å²) in [6.45, 7) is 9.64. The van der Waals surface area contributed by atoms with Gasteiger partial charge in [0.15, 0.2) is 11.7 Å². The molecule has 1 aliphatic rings. The van der Waals surface area contributed by atoms with Crippen LogP contribution in [0.3, 0.4) is 0 Å². The topological polar surface area (TPSA) is 54.5 Å². The van der Waals surface area contributed by atoms with Crippen molar-refractivity contribution in [3.05, 3.63) is 40.9 Å². The quantitative estimate of drug-likeness (QED) is 0.796. The maximum absolute atomic E-state index is 12.1.